The molecule has 0 bridgehead atoms. The van der Waals surface area contributed by atoms with Gasteiger partial charge in [0.15, 0.2) is 0 Å². The Morgan fingerprint density at radius 2 is 2.11 bits per heavy atom. The van der Waals surface area contributed by atoms with E-state index in [1.165, 1.54) is 12.8 Å². The molecule has 1 aliphatic carbocycles. The van der Waals surface area contributed by atoms with Crippen LogP contribution in [0.4, 0.5) is 0 Å². The number of carbonyl (C=O) groups is 1. The molecule has 1 amide bonds. The molecule has 2 rings (SSSR count). The first-order valence-electron chi connectivity index (χ1n) is 7.16. The summed E-state index contributed by atoms with van der Waals surface area (Å²) in [4.78, 5) is 14.8. The number of hydrogen-bond acceptors (Lipinski definition) is 3. The second-order valence-electron chi connectivity index (χ2n) is 5.79. The van der Waals surface area contributed by atoms with Crippen molar-refractivity contribution >= 4 is 5.91 Å². The van der Waals surface area contributed by atoms with Crippen molar-refractivity contribution in [3.05, 3.63) is 0 Å². The van der Waals surface area contributed by atoms with Crippen molar-refractivity contribution in [3.8, 4) is 0 Å². The van der Waals surface area contributed by atoms with E-state index in [0.29, 0.717) is 13.2 Å². The minimum absolute atomic E-state index is 0.00434. The number of morpholine rings is 1. The number of rotatable bonds is 3. The summed E-state index contributed by atoms with van der Waals surface area (Å²) in [6, 6.07) is 0.129. The molecular formula is C14H25NO3. The lowest BCUT2D eigenvalue weighted by atomic mass is 9.81. The quantitative estimate of drug-likeness (QED) is 0.832. The molecule has 1 saturated carbocycles. The van der Waals surface area contributed by atoms with Crippen molar-refractivity contribution in [1.29, 1.82) is 0 Å². The summed E-state index contributed by atoms with van der Waals surface area (Å²) >= 11 is 0. The molecular weight excluding hydrogens is 230 g/mol. The third kappa shape index (κ3) is 2.41. The molecule has 2 unspecified atom stereocenters. The topological polar surface area (TPSA) is 49.8 Å². The van der Waals surface area contributed by atoms with Crippen LogP contribution in [-0.2, 0) is 9.53 Å². The highest BCUT2D eigenvalue weighted by molar-refractivity contribution is 5.83. The Morgan fingerprint density at radius 3 is 2.67 bits per heavy atom. The monoisotopic (exact) mass is 255 g/mol. The van der Waals surface area contributed by atoms with Gasteiger partial charge < -0.3 is 14.7 Å². The van der Waals surface area contributed by atoms with Gasteiger partial charge in [0.1, 0.15) is 0 Å². The van der Waals surface area contributed by atoms with Crippen LogP contribution in [0.3, 0.4) is 0 Å². The van der Waals surface area contributed by atoms with Gasteiger partial charge >= 0.3 is 0 Å². The van der Waals surface area contributed by atoms with E-state index in [1.54, 1.807) is 0 Å². The summed E-state index contributed by atoms with van der Waals surface area (Å²) in [5.74, 6) is 0.289. The molecule has 1 aliphatic heterocycles. The molecule has 1 heterocycles. The van der Waals surface area contributed by atoms with Gasteiger partial charge in [0, 0.05) is 12.0 Å². The molecule has 0 aromatic heterocycles. The molecule has 2 aliphatic rings. The fourth-order valence-corrected chi connectivity index (χ4v) is 3.29. The van der Waals surface area contributed by atoms with E-state index in [1.807, 2.05) is 11.8 Å². The number of ether oxygens (including phenoxy) is 1. The van der Waals surface area contributed by atoms with Crippen LogP contribution in [0, 0.1) is 5.41 Å². The SMILES string of the molecule is CCC1(C(=O)N2CC(CO)OCC2C)CCCC1. The van der Waals surface area contributed by atoms with Gasteiger partial charge in [-0.05, 0) is 26.2 Å². The fraction of sp³-hybridized carbons (Fsp3) is 0.929. The smallest absolute Gasteiger partial charge is 0.229 e. The van der Waals surface area contributed by atoms with Gasteiger partial charge in [0.2, 0.25) is 5.91 Å². The van der Waals surface area contributed by atoms with Crippen LogP contribution in [0.25, 0.3) is 0 Å². The van der Waals surface area contributed by atoms with Crippen LogP contribution < -0.4 is 0 Å². The predicted molar refractivity (Wildman–Crippen MR) is 69.2 cm³/mol. The van der Waals surface area contributed by atoms with E-state index in [9.17, 15) is 9.90 Å². The summed E-state index contributed by atoms with van der Waals surface area (Å²) in [6.45, 7) is 5.23. The zero-order valence-electron chi connectivity index (χ0n) is 11.5. The minimum Gasteiger partial charge on any atom is -0.394 e. The normalized spacial score (nSPS) is 31.6. The summed E-state index contributed by atoms with van der Waals surface area (Å²) in [7, 11) is 0. The highest BCUT2D eigenvalue weighted by Crippen LogP contribution is 2.43. The van der Waals surface area contributed by atoms with Gasteiger partial charge in [0.25, 0.3) is 0 Å². The van der Waals surface area contributed by atoms with Crippen LogP contribution >= 0.6 is 0 Å². The summed E-state index contributed by atoms with van der Waals surface area (Å²) < 4.78 is 5.51. The molecule has 104 valence electrons. The van der Waals surface area contributed by atoms with Gasteiger partial charge in [0.05, 0.1) is 25.4 Å². The zero-order chi connectivity index (χ0) is 13.2. The van der Waals surface area contributed by atoms with Crippen molar-refractivity contribution in [2.45, 2.75) is 58.1 Å². The van der Waals surface area contributed by atoms with Crippen molar-refractivity contribution in [3.63, 3.8) is 0 Å². The first kappa shape index (κ1) is 13.8. The summed E-state index contributed by atoms with van der Waals surface area (Å²) in [5.41, 5.74) is -0.133. The number of amides is 1. The van der Waals surface area contributed by atoms with Gasteiger partial charge in [-0.25, -0.2) is 0 Å². The van der Waals surface area contributed by atoms with Gasteiger partial charge in [-0.3, -0.25) is 4.79 Å². The molecule has 2 fully saturated rings. The van der Waals surface area contributed by atoms with Crippen molar-refractivity contribution < 1.29 is 14.6 Å². The lowest BCUT2D eigenvalue weighted by molar-refractivity contribution is -0.157. The molecule has 0 spiro atoms. The molecule has 0 aromatic carbocycles. The summed E-state index contributed by atoms with van der Waals surface area (Å²) in [6.07, 6.45) is 5.11. The molecule has 1 N–H and O–H groups in total. The highest BCUT2D eigenvalue weighted by Gasteiger charge is 2.44. The maximum Gasteiger partial charge on any atom is 0.229 e. The Morgan fingerprint density at radius 1 is 1.44 bits per heavy atom. The molecule has 1 saturated heterocycles. The Bertz CT molecular complexity index is 299. The van der Waals surface area contributed by atoms with Gasteiger partial charge in [-0.15, -0.1) is 0 Å². The number of nitrogens with zero attached hydrogens (tertiary/aromatic N) is 1. The van der Waals surface area contributed by atoms with Crippen molar-refractivity contribution in [1.82, 2.24) is 4.90 Å². The van der Waals surface area contributed by atoms with Crippen LogP contribution in [0.1, 0.15) is 46.0 Å². The maximum absolute atomic E-state index is 12.8. The molecule has 4 heteroatoms. The van der Waals surface area contributed by atoms with E-state index < -0.39 is 0 Å². The highest BCUT2D eigenvalue weighted by atomic mass is 16.5. The van der Waals surface area contributed by atoms with Gasteiger partial charge in [-0.1, -0.05) is 19.8 Å². The van der Waals surface area contributed by atoms with E-state index >= 15 is 0 Å². The molecule has 4 nitrogen and oxygen atoms in total. The number of aliphatic hydroxyl groups is 1. The third-order valence-electron chi connectivity index (χ3n) is 4.66. The minimum atomic E-state index is -0.208. The average Bonchev–Trinajstić information content (AvgIpc) is 2.88. The largest absolute Gasteiger partial charge is 0.394 e. The standard InChI is InChI=1S/C14H25NO3/c1-3-14(6-4-5-7-14)13(17)15-8-12(9-16)18-10-11(15)2/h11-12,16H,3-10H2,1-2H3. The third-order valence-corrected chi connectivity index (χ3v) is 4.66. The second kappa shape index (κ2) is 5.57. The van der Waals surface area contributed by atoms with Crippen LogP contribution in [0.5, 0.6) is 0 Å². The van der Waals surface area contributed by atoms with E-state index in [0.717, 1.165) is 19.3 Å². The first-order chi connectivity index (χ1) is 8.63. The van der Waals surface area contributed by atoms with Crippen LogP contribution in [0.15, 0.2) is 0 Å². The Labute approximate surface area is 109 Å². The maximum atomic E-state index is 12.8. The number of aliphatic hydroxyl groups excluding tert-OH is 1. The van der Waals surface area contributed by atoms with Crippen molar-refractivity contribution in [2.75, 3.05) is 19.8 Å². The molecule has 0 radical (unpaired) electrons. The van der Waals surface area contributed by atoms with Crippen LogP contribution in [-0.4, -0.2) is 47.8 Å². The van der Waals surface area contributed by atoms with E-state index in [2.05, 4.69) is 6.92 Å². The Balaban J connectivity index is 2.10. The first-order valence-corrected chi connectivity index (χ1v) is 7.16. The average molecular weight is 255 g/mol. The number of hydrogen-bond donors (Lipinski definition) is 1. The molecule has 0 aromatic rings. The lowest BCUT2D eigenvalue weighted by Crippen LogP contribution is -2.55. The van der Waals surface area contributed by atoms with Crippen molar-refractivity contribution in [2.24, 2.45) is 5.41 Å². The predicted octanol–water partition coefficient (Wildman–Crippen LogP) is 1.56. The van der Waals surface area contributed by atoms with Crippen LogP contribution in [0.2, 0.25) is 0 Å². The lowest BCUT2D eigenvalue weighted by Gasteiger charge is -2.42. The summed E-state index contributed by atoms with van der Waals surface area (Å²) in [5, 5.41) is 9.20. The number of carbonyl (C=O) groups excluding carboxylic acids is 1. The second-order valence-corrected chi connectivity index (χ2v) is 5.79. The molecule has 2 atom stereocenters. The zero-order valence-corrected chi connectivity index (χ0v) is 11.5. The Hall–Kier alpha value is -0.610. The van der Waals surface area contributed by atoms with Gasteiger partial charge in [-0.2, -0.15) is 0 Å². The van der Waals surface area contributed by atoms with E-state index in [4.69, 9.17) is 4.74 Å². The fourth-order valence-electron chi connectivity index (χ4n) is 3.29. The Kier molecular flexibility index (Phi) is 4.28. The molecule has 18 heavy (non-hydrogen) atoms. The van der Waals surface area contributed by atoms with E-state index in [-0.39, 0.29) is 30.1 Å².